The van der Waals surface area contributed by atoms with E-state index in [1.807, 2.05) is 84.9 Å². The number of hydrogen-bond acceptors (Lipinski definition) is 5. The van der Waals surface area contributed by atoms with E-state index in [1.54, 1.807) is 6.07 Å². The summed E-state index contributed by atoms with van der Waals surface area (Å²) in [6.45, 7) is 0.403. The van der Waals surface area contributed by atoms with Gasteiger partial charge in [0, 0.05) is 12.1 Å². The van der Waals surface area contributed by atoms with Gasteiger partial charge in [-0.25, -0.2) is 4.98 Å². The summed E-state index contributed by atoms with van der Waals surface area (Å²) in [7, 11) is 0. The van der Waals surface area contributed by atoms with E-state index in [2.05, 4.69) is 10.3 Å². The Balaban J connectivity index is 1.50. The van der Waals surface area contributed by atoms with E-state index in [1.165, 1.54) is 11.3 Å². The lowest BCUT2D eigenvalue weighted by Crippen LogP contribution is -2.34. The van der Waals surface area contributed by atoms with E-state index in [-0.39, 0.29) is 11.7 Å². The van der Waals surface area contributed by atoms with Crippen LogP contribution in [0.5, 0.6) is 0 Å². The van der Waals surface area contributed by atoms with Gasteiger partial charge < -0.3 is 11.1 Å². The second kappa shape index (κ2) is 8.94. The lowest BCUT2D eigenvalue weighted by molar-refractivity contribution is 0.0857. The Morgan fingerprint density at radius 1 is 0.879 bits per heavy atom. The van der Waals surface area contributed by atoms with E-state index in [0.29, 0.717) is 22.7 Å². The van der Waals surface area contributed by atoms with Gasteiger partial charge >= 0.3 is 0 Å². The molecule has 6 heteroatoms. The summed E-state index contributed by atoms with van der Waals surface area (Å²) in [6, 6.07) is 27.5. The molecular formula is C27H21N3O2S. The maximum absolute atomic E-state index is 13.6. The third-order valence-corrected chi connectivity index (χ3v) is 6.65. The molecule has 3 N–H and O–H groups in total. The molecule has 1 heterocycles. The number of carbonyl (C=O) groups excluding carboxylic acids is 2. The van der Waals surface area contributed by atoms with Gasteiger partial charge in [-0.1, -0.05) is 66.7 Å². The van der Waals surface area contributed by atoms with Gasteiger partial charge in [0.25, 0.3) is 5.91 Å². The lowest BCUT2D eigenvalue weighted by atomic mass is 10.00. The molecule has 1 unspecified atom stereocenters. The van der Waals surface area contributed by atoms with Crippen LogP contribution in [-0.4, -0.2) is 16.7 Å². The Labute approximate surface area is 194 Å². The zero-order chi connectivity index (χ0) is 22.8. The normalized spacial score (nSPS) is 12.0. The number of amides is 1. The van der Waals surface area contributed by atoms with Crippen molar-refractivity contribution in [1.82, 2.24) is 10.3 Å². The zero-order valence-corrected chi connectivity index (χ0v) is 18.5. The van der Waals surface area contributed by atoms with Crippen LogP contribution >= 0.6 is 11.3 Å². The Kier molecular flexibility index (Phi) is 5.69. The molecule has 0 aliphatic rings. The second-order valence-electron chi connectivity index (χ2n) is 7.77. The molecule has 0 saturated heterocycles. The number of ketones is 1. The van der Waals surface area contributed by atoms with Crippen LogP contribution < -0.4 is 11.1 Å². The Hall–Kier alpha value is -3.87. The fraction of sp³-hybridized carbons (Fsp3) is 0.0741. The third-order valence-electron chi connectivity index (χ3n) is 5.60. The van der Waals surface area contributed by atoms with Crippen molar-refractivity contribution in [3.05, 3.63) is 113 Å². The van der Waals surface area contributed by atoms with E-state index in [0.717, 1.165) is 26.6 Å². The summed E-state index contributed by atoms with van der Waals surface area (Å²) in [4.78, 5) is 31.3. The van der Waals surface area contributed by atoms with Crippen LogP contribution in [0.3, 0.4) is 0 Å². The highest BCUT2D eigenvalue weighted by Gasteiger charge is 2.27. The van der Waals surface area contributed by atoms with Crippen LogP contribution in [0.25, 0.3) is 21.0 Å². The maximum Gasteiger partial charge on any atom is 0.252 e. The predicted molar refractivity (Wildman–Crippen MR) is 132 cm³/mol. The van der Waals surface area contributed by atoms with Gasteiger partial charge in [-0.2, -0.15) is 0 Å². The van der Waals surface area contributed by atoms with Crippen molar-refractivity contribution in [3.8, 4) is 0 Å². The summed E-state index contributed by atoms with van der Waals surface area (Å²) in [5.41, 5.74) is 8.62. The topological polar surface area (TPSA) is 85.1 Å². The van der Waals surface area contributed by atoms with Gasteiger partial charge in [0.15, 0.2) is 5.01 Å². The number of aromatic nitrogens is 1. The average Bonchev–Trinajstić information content (AvgIpc) is 3.31. The molecule has 0 spiro atoms. The molecule has 1 amide bonds. The average molecular weight is 452 g/mol. The predicted octanol–water partition coefficient (Wildman–Crippen LogP) is 5.26. The molecule has 0 radical (unpaired) electrons. The van der Waals surface area contributed by atoms with Gasteiger partial charge in [-0.15, -0.1) is 11.3 Å². The Morgan fingerprint density at radius 3 is 2.36 bits per heavy atom. The van der Waals surface area contributed by atoms with Crippen molar-refractivity contribution in [3.63, 3.8) is 0 Å². The molecule has 1 atom stereocenters. The van der Waals surface area contributed by atoms with Gasteiger partial charge in [-0.05, 0) is 46.2 Å². The van der Waals surface area contributed by atoms with Crippen LogP contribution in [0, 0.1) is 0 Å². The number of nitrogens with one attached hydrogen (secondary N) is 1. The highest BCUT2D eigenvalue weighted by Crippen LogP contribution is 2.27. The van der Waals surface area contributed by atoms with Gasteiger partial charge in [0.05, 0.1) is 10.2 Å². The van der Waals surface area contributed by atoms with Crippen molar-refractivity contribution >= 4 is 44.0 Å². The Bertz CT molecular complexity index is 1440. The zero-order valence-electron chi connectivity index (χ0n) is 17.7. The quantitative estimate of drug-likeness (QED) is 0.345. The summed E-state index contributed by atoms with van der Waals surface area (Å²) in [5.74, 6) is -0.561. The molecule has 0 aliphatic carbocycles. The van der Waals surface area contributed by atoms with E-state index in [9.17, 15) is 9.59 Å². The van der Waals surface area contributed by atoms with Crippen molar-refractivity contribution < 1.29 is 9.59 Å². The minimum atomic E-state index is -0.864. The lowest BCUT2D eigenvalue weighted by Gasteiger charge is -2.18. The number of nitrogens with zero attached hydrogens (tertiary/aromatic N) is 1. The number of fused-ring (bicyclic) bond motifs is 2. The number of thiazole rings is 1. The van der Waals surface area contributed by atoms with E-state index in [4.69, 9.17) is 5.73 Å². The van der Waals surface area contributed by atoms with Gasteiger partial charge in [-0.3, -0.25) is 9.59 Å². The molecule has 33 heavy (non-hydrogen) atoms. The first-order valence-electron chi connectivity index (χ1n) is 10.6. The van der Waals surface area contributed by atoms with Crippen molar-refractivity contribution in [2.24, 2.45) is 5.73 Å². The molecule has 5 rings (SSSR count). The molecule has 0 saturated carbocycles. The SMILES string of the molecule is NCc1ccc(C(NC(=O)c2ccc3ccccc3c2)C(=O)c2nc3ccccc3s2)cc1. The van der Waals surface area contributed by atoms with E-state index >= 15 is 0 Å². The number of hydrogen-bond donors (Lipinski definition) is 2. The van der Waals surface area contributed by atoms with Crippen LogP contribution in [-0.2, 0) is 6.54 Å². The van der Waals surface area contributed by atoms with Crippen molar-refractivity contribution in [1.29, 1.82) is 0 Å². The molecule has 5 aromatic rings. The largest absolute Gasteiger partial charge is 0.338 e. The molecule has 1 aromatic heterocycles. The summed E-state index contributed by atoms with van der Waals surface area (Å²) < 4.78 is 0.930. The number of nitrogens with two attached hydrogens (primary N) is 1. The van der Waals surface area contributed by atoms with Gasteiger partial charge in [0.2, 0.25) is 5.78 Å². The summed E-state index contributed by atoms with van der Waals surface area (Å²) in [5, 5.41) is 5.32. The molecule has 4 aromatic carbocycles. The number of Topliss-reactive ketones (excluding diaryl/α,β-unsaturated/α-hetero) is 1. The minimum absolute atomic E-state index is 0.245. The number of carbonyl (C=O) groups is 2. The smallest absolute Gasteiger partial charge is 0.252 e. The van der Waals surface area contributed by atoms with Crippen LogP contribution in [0.4, 0.5) is 0 Å². The van der Waals surface area contributed by atoms with Crippen molar-refractivity contribution in [2.45, 2.75) is 12.6 Å². The fourth-order valence-electron chi connectivity index (χ4n) is 3.79. The fourth-order valence-corrected chi connectivity index (χ4v) is 4.73. The standard InChI is InChI=1S/C27H21N3O2S/c28-16-17-9-11-19(12-10-17)24(25(31)27-29-22-7-3-4-8-23(22)33-27)30-26(32)21-14-13-18-5-1-2-6-20(18)15-21/h1-15,24H,16,28H2,(H,30,32). The third kappa shape index (κ3) is 4.26. The Morgan fingerprint density at radius 2 is 1.61 bits per heavy atom. The molecule has 0 bridgehead atoms. The molecule has 0 fully saturated rings. The molecule has 5 nitrogen and oxygen atoms in total. The monoisotopic (exact) mass is 451 g/mol. The van der Waals surface area contributed by atoms with Crippen molar-refractivity contribution in [2.75, 3.05) is 0 Å². The number of rotatable bonds is 6. The highest BCUT2D eigenvalue weighted by atomic mass is 32.1. The first-order valence-corrected chi connectivity index (χ1v) is 11.4. The van der Waals surface area contributed by atoms with Crippen LogP contribution in [0.1, 0.15) is 37.3 Å². The summed E-state index contributed by atoms with van der Waals surface area (Å²) in [6.07, 6.45) is 0. The van der Waals surface area contributed by atoms with Crippen LogP contribution in [0.2, 0.25) is 0 Å². The maximum atomic E-state index is 13.6. The van der Waals surface area contributed by atoms with Crippen LogP contribution in [0.15, 0.2) is 91.0 Å². The number of benzene rings is 4. The van der Waals surface area contributed by atoms with Gasteiger partial charge in [0.1, 0.15) is 6.04 Å². The minimum Gasteiger partial charge on any atom is -0.338 e. The number of para-hydroxylation sites is 1. The summed E-state index contributed by atoms with van der Waals surface area (Å²) >= 11 is 1.33. The molecule has 162 valence electrons. The highest BCUT2D eigenvalue weighted by molar-refractivity contribution is 7.20. The molecule has 0 aliphatic heterocycles. The first-order chi connectivity index (χ1) is 16.1. The molecular weight excluding hydrogens is 430 g/mol. The first kappa shape index (κ1) is 21.0. The van der Waals surface area contributed by atoms with E-state index < -0.39 is 6.04 Å². The second-order valence-corrected chi connectivity index (χ2v) is 8.80.